The molecule has 1 aliphatic carbocycles. The van der Waals surface area contributed by atoms with Gasteiger partial charge in [0.25, 0.3) is 0 Å². The Morgan fingerprint density at radius 1 is 1.00 bits per heavy atom. The number of nitrogens with zero attached hydrogens (tertiary/aromatic N) is 1. The highest BCUT2D eigenvalue weighted by molar-refractivity contribution is 6.33. The minimum absolute atomic E-state index is 0.0305. The molecule has 184 valence electrons. The molecular weight excluding hydrogens is 479 g/mol. The fourth-order valence-electron chi connectivity index (χ4n) is 5.02. The number of ketones is 1. The van der Waals surface area contributed by atoms with E-state index in [1.54, 1.807) is 18.2 Å². The topological polar surface area (TPSA) is 66.6 Å². The predicted octanol–water partition coefficient (Wildman–Crippen LogP) is 7.36. The zero-order chi connectivity index (χ0) is 24.9. The Hall–Kier alpha value is -2.69. The molecule has 1 aliphatic rings. The number of carbonyl (C=O) groups excluding carboxylic acids is 1. The average molecular weight is 511 g/mol. The first-order valence-corrected chi connectivity index (χ1v) is 12.9. The van der Waals surface area contributed by atoms with Crippen LogP contribution in [0.4, 0.5) is 11.4 Å². The number of nitrogens with two attached hydrogens (primary N) is 1. The lowest BCUT2D eigenvalue weighted by Gasteiger charge is -2.34. The van der Waals surface area contributed by atoms with Gasteiger partial charge in [-0.25, -0.2) is 0 Å². The largest absolute Gasteiger partial charge is 0.506 e. The zero-order valence-electron chi connectivity index (χ0n) is 20.0. The van der Waals surface area contributed by atoms with Gasteiger partial charge in [0.2, 0.25) is 0 Å². The molecule has 2 atom stereocenters. The number of benzene rings is 3. The van der Waals surface area contributed by atoms with Crippen molar-refractivity contribution in [2.24, 2.45) is 5.92 Å². The average Bonchev–Trinajstić information content (AvgIpc) is 3.09. The number of rotatable bonds is 7. The van der Waals surface area contributed by atoms with Crippen LogP contribution in [0, 0.1) is 12.8 Å². The number of Topliss-reactive ketones (excluding diaryl/α,β-unsaturated/α-hetero) is 1. The fourth-order valence-corrected chi connectivity index (χ4v) is 5.40. The number of halogens is 2. The molecule has 2 unspecified atom stereocenters. The summed E-state index contributed by atoms with van der Waals surface area (Å²) in [5.74, 6) is 0.313. The molecule has 0 aliphatic heterocycles. The van der Waals surface area contributed by atoms with Crippen LogP contribution in [-0.2, 0) is 17.8 Å². The molecule has 0 spiro atoms. The SMILES string of the molecule is Cc1ccccc1CN(c1ccc(N)c(Cl)c1)C1CCCC(C(=O)Cc2ccc(O)c(Cl)c2)CC1. The van der Waals surface area contributed by atoms with Gasteiger partial charge in [-0.2, -0.15) is 0 Å². The first-order valence-electron chi connectivity index (χ1n) is 12.2. The van der Waals surface area contributed by atoms with Crippen LogP contribution in [0.5, 0.6) is 5.75 Å². The lowest BCUT2D eigenvalue weighted by atomic mass is 9.91. The molecule has 0 aromatic heterocycles. The molecule has 4 rings (SSSR count). The zero-order valence-corrected chi connectivity index (χ0v) is 21.5. The van der Waals surface area contributed by atoms with Crippen LogP contribution < -0.4 is 10.6 Å². The van der Waals surface area contributed by atoms with E-state index in [0.29, 0.717) is 23.2 Å². The molecule has 4 nitrogen and oxygen atoms in total. The van der Waals surface area contributed by atoms with Gasteiger partial charge in [0, 0.05) is 30.6 Å². The summed E-state index contributed by atoms with van der Waals surface area (Å²) >= 11 is 12.4. The number of hydrogen-bond donors (Lipinski definition) is 2. The molecule has 6 heteroatoms. The van der Waals surface area contributed by atoms with Gasteiger partial charge in [-0.05, 0) is 79.6 Å². The molecule has 0 amide bonds. The second-order valence-electron chi connectivity index (χ2n) is 9.55. The lowest BCUT2D eigenvalue weighted by Crippen LogP contribution is -2.35. The van der Waals surface area contributed by atoms with Crippen molar-refractivity contribution in [2.75, 3.05) is 10.6 Å². The van der Waals surface area contributed by atoms with E-state index >= 15 is 0 Å². The third-order valence-electron chi connectivity index (χ3n) is 7.14. The summed E-state index contributed by atoms with van der Waals surface area (Å²) in [6.07, 6.45) is 5.02. The quantitative estimate of drug-likeness (QED) is 0.257. The van der Waals surface area contributed by atoms with E-state index in [0.717, 1.165) is 49.9 Å². The van der Waals surface area contributed by atoms with Crippen LogP contribution in [-0.4, -0.2) is 16.9 Å². The second-order valence-corrected chi connectivity index (χ2v) is 10.4. The third kappa shape index (κ3) is 6.31. The summed E-state index contributed by atoms with van der Waals surface area (Å²) in [7, 11) is 0. The summed E-state index contributed by atoms with van der Waals surface area (Å²) in [4.78, 5) is 15.6. The summed E-state index contributed by atoms with van der Waals surface area (Å²) in [6.45, 7) is 2.92. The van der Waals surface area contributed by atoms with E-state index in [9.17, 15) is 9.90 Å². The van der Waals surface area contributed by atoms with Crippen LogP contribution >= 0.6 is 23.2 Å². The summed E-state index contributed by atoms with van der Waals surface area (Å²) in [5, 5.41) is 10.5. The van der Waals surface area contributed by atoms with Gasteiger partial charge in [0.15, 0.2) is 0 Å². The lowest BCUT2D eigenvalue weighted by molar-refractivity contribution is -0.122. The van der Waals surface area contributed by atoms with E-state index in [2.05, 4.69) is 36.1 Å². The smallest absolute Gasteiger partial charge is 0.140 e. The Morgan fingerprint density at radius 3 is 2.54 bits per heavy atom. The second kappa shape index (κ2) is 11.4. The Kier molecular flexibility index (Phi) is 8.25. The molecule has 0 radical (unpaired) electrons. The van der Waals surface area contributed by atoms with Gasteiger partial charge >= 0.3 is 0 Å². The van der Waals surface area contributed by atoms with Crippen molar-refractivity contribution in [3.8, 4) is 5.75 Å². The van der Waals surface area contributed by atoms with E-state index in [1.165, 1.54) is 11.1 Å². The predicted molar refractivity (Wildman–Crippen MR) is 145 cm³/mol. The van der Waals surface area contributed by atoms with Gasteiger partial charge in [0.05, 0.1) is 15.7 Å². The third-order valence-corrected chi connectivity index (χ3v) is 7.77. The molecule has 1 fully saturated rings. The van der Waals surface area contributed by atoms with Crippen LogP contribution in [0.15, 0.2) is 60.7 Å². The van der Waals surface area contributed by atoms with Crippen molar-refractivity contribution in [3.05, 3.63) is 87.4 Å². The van der Waals surface area contributed by atoms with Gasteiger partial charge in [-0.1, -0.05) is 60.0 Å². The van der Waals surface area contributed by atoms with Crippen LogP contribution in [0.3, 0.4) is 0 Å². The molecule has 3 N–H and O–H groups in total. The number of nitrogen functional groups attached to an aromatic ring is 1. The molecular formula is C29H32Cl2N2O2. The minimum atomic E-state index is 0.0305. The number of phenolic OH excluding ortho intramolecular Hbond substituents is 1. The number of anilines is 2. The normalized spacial score (nSPS) is 18.1. The molecule has 35 heavy (non-hydrogen) atoms. The summed E-state index contributed by atoms with van der Waals surface area (Å²) < 4.78 is 0. The molecule has 0 bridgehead atoms. The van der Waals surface area contributed by atoms with Crippen LogP contribution in [0.1, 0.15) is 48.8 Å². The van der Waals surface area contributed by atoms with E-state index in [-0.39, 0.29) is 22.5 Å². The van der Waals surface area contributed by atoms with Crippen molar-refractivity contribution in [2.45, 2.75) is 58.0 Å². The minimum Gasteiger partial charge on any atom is -0.506 e. The van der Waals surface area contributed by atoms with Crippen molar-refractivity contribution < 1.29 is 9.90 Å². The molecule has 0 saturated heterocycles. The molecule has 3 aromatic carbocycles. The number of carbonyl (C=O) groups is 1. The van der Waals surface area contributed by atoms with Crippen LogP contribution in [0.25, 0.3) is 0 Å². The van der Waals surface area contributed by atoms with Crippen LogP contribution in [0.2, 0.25) is 10.0 Å². The monoisotopic (exact) mass is 510 g/mol. The van der Waals surface area contributed by atoms with Crippen molar-refractivity contribution >= 4 is 40.4 Å². The highest BCUT2D eigenvalue weighted by Gasteiger charge is 2.28. The number of hydrogen-bond acceptors (Lipinski definition) is 4. The number of phenols is 1. The van der Waals surface area contributed by atoms with Crippen molar-refractivity contribution in [1.29, 1.82) is 0 Å². The van der Waals surface area contributed by atoms with E-state index < -0.39 is 0 Å². The number of aryl methyl sites for hydroxylation is 1. The highest BCUT2D eigenvalue weighted by atomic mass is 35.5. The molecule has 3 aromatic rings. The molecule has 1 saturated carbocycles. The molecule has 0 heterocycles. The van der Waals surface area contributed by atoms with E-state index in [4.69, 9.17) is 28.9 Å². The van der Waals surface area contributed by atoms with Crippen molar-refractivity contribution in [1.82, 2.24) is 0 Å². The van der Waals surface area contributed by atoms with Gasteiger partial charge in [-0.15, -0.1) is 0 Å². The Bertz CT molecular complexity index is 1200. The number of aromatic hydroxyl groups is 1. The van der Waals surface area contributed by atoms with Crippen molar-refractivity contribution in [3.63, 3.8) is 0 Å². The maximum absolute atomic E-state index is 13.1. The van der Waals surface area contributed by atoms with Gasteiger partial charge in [0.1, 0.15) is 11.5 Å². The van der Waals surface area contributed by atoms with E-state index in [1.807, 2.05) is 18.2 Å². The Morgan fingerprint density at radius 2 is 1.80 bits per heavy atom. The first-order chi connectivity index (χ1) is 16.8. The van der Waals surface area contributed by atoms with Gasteiger partial charge in [-0.3, -0.25) is 4.79 Å². The standard InChI is InChI=1S/C29H32Cl2N2O2/c1-19-5-2-3-6-22(19)18-33(24-12-13-27(32)25(30)17-24)23-8-4-7-21(10-11-23)29(35)16-20-9-14-28(34)26(31)15-20/h2-3,5-6,9,12-15,17,21,23,34H,4,7-8,10-11,16,18,32H2,1H3. The Labute approximate surface area is 217 Å². The fraction of sp³-hybridized carbons (Fsp3) is 0.345. The van der Waals surface area contributed by atoms with Gasteiger partial charge < -0.3 is 15.7 Å². The summed E-state index contributed by atoms with van der Waals surface area (Å²) in [6, 6.07) is 19.6. The first kappa shape index (κ1) is 25.4. The highest BCUT2D eigenvalue weighted by Crippen LogP contribution is 2.34. The Balaban J connectivity index is 1.51. The maximum atomic E-state index is 13.1. The summed E-state index contributed by atoms with van der Waals surface area (Å²) in [5.41, 5.74) is 11.0. The maximum Gasteiger partial charge on any atom is 0.140 e.